The highest BCUT2D eigenvalue weighted by Gasteiger charge is 2.55. The molecule has 1 aromatic carbocycles. The number of nitrogens with one attached hydrogen (secondary N) is 1. The Balaban J connectivity index is 2.12. The van der Waals surface area contributed by atoms with E-state index in [2.05, 4.69) is 0 Å². The number of halogens is 3. The SMILES string of the molecule is O=C(O)CNC(=O)C1C(=O)c2ccc(C(F)(F)F)cc2C2(CCOCC2)C1=O. The molecule has 1 aromatic rings. The van der Waals surface area contributed by atoms with Crippen molar-refractivity contribution >= 4 is 23.4 Å². The van der Waals surface area contributed by atoms with E-state index in [1.807, 2.05) is 5.32 Å². The first-order valence-electron chi connectivity index (χ1n) is 8.45. The molecule has 1 atom stereocenters. The summed E-state index contributed by atoms with van der Waals surface area (Å²) in [6, 6.07) is 2.50. The first-order valence-corrected chi connectivity index (χ1v) is 8.45. The summed E-state index contributed by atoms with van der Waals surface area (Å²) in [6.45, 7) is -0.621. The number of fused-ring (bicyclic) bond motifs is 2. The molecule has 1 saturated heterocycles. The maximum atomic E-state index is 13.2. The van der Waals surface area contributed by atoms with E-state index in [9.17, 15) is 32.3 Å². The normalized spacial score (nSPS) is 21.3. The number of ether oxygens (including phenoxy) is 1. The van der Waals surface area contributed by atoms with Gasteiger partial charge in [-0.2, -0.15) is 13.2 Å². The maximum Gasteiger partial charge on any atom is 0.416 e. The van der Waals surface area contributed by atoms with Gasteiger partial charge in [0.25, 0.3) is 0 Å². The Morgan fingerprint density at radius 3 is 2.43 bits per heavy atom. The molecule has 2 aliphatic rings. The molecule has 0 saturated carbocycles. The minimum absolute atomic E-state index is 0.0239. The quantitative estimate of drug-likeness (QED) is 0.743. The molecule has 0 bridgehead atoms. The number of ketones is 2. The molecule has 1 heterocycles. The van der Waals surface area contributed by atoms with Crippen molar-refractivity contribution in [1.82, 2.24) is 5.32 Å². The summed E-state index contributed by atoms with van der Waals surface area (Å²) in [5.41, 5.74) is -2.65. The van der Waals surface area contributed by atoms with Gasteiger partial charge >= 0.3 is 12.1 Å². The minimum atomic E-state index is -4.66. The van der Waals surface area contributed by atoms with Crippen LogP contribution in [0.2, 0.25) is 0 Å². The Kier molecular flexibility index (Phi) is 5.00. The highest BCUT2D eigenvalue weighted by atomic mass is 19.4. The van der Waals surface area contributed by atoms with Crippen LogP contribution in [0.15, 0.2) is 18.2 Å². The van der Waals surface area contributed by atoms with Gasteiger partial charge in [0.1, 0.15) is 6.54 Å². The number of carboxylic acids is 1. The fourth-order valence-electron chi connectivity index (χ4n) is 3.75. The van der Waals surface area contributed by atoms with Crippen LogP contribution in [0.1, 0.15) is 34.3 Å². The van der Waals surface area contributed by atoms with Crippen molar-refractivity contribution in [2.45, 2.75) is 24.4 Å². The van der Waals surface area contributed by atoms with E-state index in [-0.39, 0.29) is 37.2 Å². The lowest BCUT2D eigenvalue weighted by Crippen LogP contribution is -2.55. The van der Waals surface area contributed by atoms with Gasteiger partial charge in [0.05, 0.1) is 11.0 Å². The van der Waals surface area contributed by atoms with Crippen molar-refractivity contribution in [3.8, 4) is 0 Å². The molecule has 3 rings (SSSR count). The van der Waals surface area contributed by atoms with Crippen LogP contribution in [0.25, 0.3) is 0 Å². The number of alkyl halides is 3. The third-order valence-electron chi connectivity index (χ3n) is 5.15. The Morgan fingerprint density at radius 1 is 1.21 bits per heavy atom. The third-order valence-corrected chi connectivity index (χ3v) is 5.15. The monoisotopic (exact) mass is 399 g/mol. The van der Waals surface area contributed by atoms with Gasteiger partial charge in [-0.1, -0.05) is 6.07 Å². The molecule has 1 spiro atoms. The largest absolute Gasteiger partial charge is 0.480 e. The lowest BCUT2D eigenvalue weighted by Gasteiger charge is -2.42. The minimum Gasteiger partial charge on any atom is -0.480 e. The molecule has 1 amide bonds. The Hall–Kier alpha value is -2.75. The molecule has 1 aliphatic heterocycles. The van der Waals surface area contributed by atoms with Crippen LogP contribution in [-0.2, 0) is 30.7 Å². The van der Waals surface area contributed by atoms with E-state index in [0.717, 1.165) is 18.2 Å². The number of carboxylic acid groups (broad SMARTS) is 1. The number of rotatable bonds is 3. The number of hydrogen-bond acceptors (Lipinski definition) is 5. The number of amides is 1. The van der Waals surface area contributed by atoms with E-state index in [1.54, 1.807) is 0 Å². The number of Topliss-reactive ketones (excluding diaryl/α,β-unsaturated/α-hetero) is 2. The van der Waals surface area contributed by atoms with Gasteiger partial charge in [-0.25, -0.2) is 0 Å². The smallest absolute Gasteiger partial charge is 0.416 e. The van der Waals surface area contributed by atoms with Gasteiger partial charge < -0.3 is 15.2 Å². The molecular weight excluding hydrogens is 383 g/mol. The number of benzene rings is 1. The third kappa shape index (κ3) is 3.28. The highest BCUT2D eigenvalue weighted by molar-refractivity contribution is 6.29. The zero-order chi connectivity index (χ0) is 20.7. The molecular formula is C18H16F3NO6. The van der Waals surface area contributed by atoms with Gasteiger partial charge in [0.15, 0.2) is 17.5 Å². The van der Waals surface area contributed by atoms with Gasteiger partial charge in [-0.3, -0.25) is 19.2 Å². The van der Waals surface area contributed by atoms with E-state index < -0.39 is 53.1 Å². The van der Waals surface area contributed by atoms with E-state index in [1.165, 1.54) is 0 Å². The van der Waals surface area contributed by atoms with Crippen molar-refractivity contribution in [3.63, 3.8) is 0 Å². The van der Waals surface area contributed by atoms with Crippen molar-refractivity contribution in [2.75, 3.05) is 19.8 Å². The van der Waals surface area contributed by atoms with E-state index in [0.29, 0.717) is 0 Å². The van der Waals surface area contributed by atoms with Gasteiger partial charge in [0.2, 0.25) is 5.91 Å². The van der Waals surface area contributed by atoms with E-state index in [4.69, 9.17) is 9.84 Å². The van der Waals surface area contributed by atoms with E-state index >= 15 is 0 Å². The van der Waals surface area contributed by atoms with Crippen molar-refractivity contribution in [2.24, 2.45) is 5.92 Å². The summed E-state index contributed by atoms with van der Waals surface area (Å²) < 4.78 is 44.7. The zero-order valence-corrected chi connectivity index (χ0v) is 14.5. The van der Waals surface area contributed by atoms with Crippen LogP contribution in [0, 0.1) is 5.92 Å². The fourth-order valence-corrected chi connectivity index (χ4v) is 3.75. The molecule has 0 aromatic heterocycles. The Bertz CT molecular complexity index is 857. The summed E-state index contributed by atoms with van der Waals surface area (Å²) >= 11 is 0. The number of aliphatic carboxylic acids is 1. The summed E-state index contributed by atoms with van der Waals surface area (Å²) in [4.78, 5) is 48.9. The number of carbonyl (C=O) groups is 4. The van der Waals surface area contributed by atoms with Crippen LogP contribution in [0.4, 0.5) is 13.2 Å². The topological polar surface area (TPSA) is 110 Å². The molecule has 7 nitrogen and oxygen atoms in total. The van der Waals surface area contributed by atoms with Crippen LogP contribution >= 0.6 is 0 Å². The predicted molar refractivity (Wildman–Crippen MR) is 86.6 cm³/mol. The average molecular weight is 399 g/mol. The lowest BCUT2D eigenvalue weighted by molar-refractivity contribution is -0.142. The maximum absolute atomic E-state index is 13.2. The van der Waals surface area contributed by atoms with Crippen LogP contribution in [-0.4, -0.2) is 48.3 Å². The molecule has 10 heteroatoms. The standard InChI is InChI=1S/C18H16F3NO6/c19-18(20,21)9-1-2-10-11(7-9)17(3-5-28-6-4-17)15(26)13(14(10)25)16(27)22-8-12(23)24/h1-2,7,13H,3-6,8H2,(H,22,27)(H,23,24). The van der Waals surface area contributed by atoms with Gasteiger partial charge in [-0.15, -0.1) is 0 Å². The van der Waals surface area contributed by atoms with Crippen molar-refractivity contribution in [1.29, 1.82) is 0 Å². The Morgan fingerprint density at radius 2 is 1.86 bits per heavy atom. The first kappa shape index (κ1) is 20.0. The molecule has 1 unspecified atom stereocenters. The van der Waals surface area contributed by atoms with Crippen molar-refractivity contribution in [3.05, 3.63) is 34.9 Å². The molecule has 1 aliphatic carbocycles. The number of carbonyl (C=O) groups excluding carboxylic acids is 3. The molecule has 0 radical (unpaired) electrons. The average Bonchev–Trinajstić information content (AvgIpc) is 2.64. The summed E-state index contributed by atoms with van der Waals surface area (Å²) in [6.07, 6.45) is -4.62. The van der Waals surface area contributed by atoms with Crippen LogP contribution in [0.5, 0.6) is 0 Å². The molecule has 28 heavy (non-hydrogen) atoms. The zero-order valence-electron chi connectivity index (χ0n) is 14.5. The van der Waals surface area contributed by atoms with Crippen LogP contribution in [0.3, 0.4) is 0 Å². The van der Waals surface area contributed by atoms with Gasteiger partial charge in [0, 0.05) is 18.8 Å². The summed E-state index contributed by atoms with van der Waals surface area (Å²) in [7, 11) is 0. The summed E-state index contributed by atoms with van der Waals surface area (Å²) in [5.74, 6) is -6.00. The predicted octanol–water partition coefficient (Wildman–Crippen LogP) is 1.34. The Labute approximate surface area is 156 Å². The fraction of sp³-hybridized carbons (Fsp3) is 0.444. The second-order valence-corrected chi connectivity index (χ2v) is 6.73. The lowest BCUT2D eigenvalue weighted by atomic mass is 9.60. The number of hydrogen-bond donors (Lipinski definition) is 2. The highest BCUT2D eigenvalue weighted by Crippen LogP contribution is 2.46. The first-order chi connectivity index (χ1) is 13.1. The second kappa shape index (κ2) is 7.01. The molecule has 2 N–H and O–H groups in total. The molecule has 150 valence electrons. The second-order valence-electron chi connectivity index (χ2n) is 6.73. The summed E-state index contributed by atoms with van der Waals surface area (Å²) in [5, 5.41) is 10.7. The molecule has 1 fully saturated rings. The van der Waals surface area contributed by atoms with Gasteiger partial charge in [-0.05, 0) is 30.5 Å². The van der Waals surface area contributed by atoms with Crippen LogP contribution < -0.4 is 5.32 Å². The van der Waals surface area contributed by atoms with Crippen molar-refractivity contribution < 1.29 is 42.2 Å².